The van der Waals surface area contributed by atoms with E-state index in [1.54, 1.807) is 12.1 Å². The predicted octanol–water partition coefficient (Wildman–Crippen LogP) is 3.17. The predicted molar refractivity (Wildman–Crippen MR) is 96.1 cm³/mol. The van der Waals surface area contributed by atoms with E-state index in [0.29, 0.717) is 12.3 Å². The van der Waals surface area contributed by atoms with Crippen molar-refractivity contribution in [1.29, 1.82) is 0 Å². The van der Waals surface area contributed by atoms with Crippen molar-refractivity contribution in [3.05, 3.63) is 47.7 Å². The van der Waals surface area contributed by atoms with Gasteiger partial charge in [-0.3, -0.25) is 4.79 Å². The molecule has 1 N–H and O–H groups in total. The van der Waals surface area contributed by atoms with Crippen LogP contribution in [0.5, 0.6) is 0 Å². The molecule has 2 heterocycles. The van der Waals surface area contributed by atoms with Gasteiger partial charge in [0, 0.05) is 12.1 Å². The Morgan fingerprint density at radius 1 is 1.12 bits per heavy atom. The first-order valence-corrected chi connectivity index (χ1v) is 8.60. The zero-order chi connectivity index (χ0) is 18.9. The minimum atomic E-state index is -1.07. The van der Waals surface area contributed by atoms with Crippen molar-refractivity contribution < 1.29 is 23.8 Å². The minimum absolute atomic E-state index is 0.0183. The second kappa shape index (κ2) is 6.96. The molecule has 6 heteroatoms. The average Bonchev–Trinajstić information content (AvgIpc) is 3.10. The van der Waals surface area contributed by atoms with Crippen LogP contribution in [0, 0.1) is 0 Å². The largest absolute Gasteiger partial charge is 0.479 e. The van der Waals surface area contributed by atoms with Gasteiger partial charge in [0.15, 0.2) is 11.9 Å². The quantitative estimate of drug-likeness (QED) is 0.913. The molecule has 0 radical (unpaired) electrons. The number of morpholine rings is 1. The normalized spacial score (nSPS) is 18.0. The van der Waals surface area contributed by atoms with E-state index < -0.39 is 12.1 Å². The fourth-order valence-corrected chi connectivity index (χ4v) is 2.88. The number of carboxylic acids is 1. The lowest BCUT2D eigenvalue weighted by Gasteiger charge is -2.30. The van der Waals surface area contributed by atoms with Crippen LogP contribution in [0.1, 0.15) is 36.9 Å². The molecule has 1 unspecified atom stereocenters. The molecule has 1 amide bonds. The monoisotopic (exact) mass is 357 g/mol. The summed E-state index contributed by atoms with van der Waals surface area (Å²) in [4.78, 5) is 25.1. The summed E-state index contributed by atoms with van der Waals surface area (Å²) in [6.45, 7) is 7.02. The van der Waals surface area contributed by atoms with E-state index in [2.05, 4.69) is 32.9 Å². The third-order valence-corrected chi connectivity index (χ3v) is 4.48. The van der Waals surface area contributed by atoms with Crippen LogP contribution in [0.3, 0.4) is 0 Å². The summed E-state index contributed by atoms with van der Waals surface area (Å²) >= 11 is 0. The second-order valence-electron chi connectivity index (χ2n) is 7.44. The Morgan fingerprint density at radius 3 is 2.42 bits per heavy atom. The Labute approximate surface area is 152 Å². The van der Waals surface area contributed by atoms with E-state index in [1.807, 2.05) is 12.1 Å². The maximum Gasteiger partial charge on any atom is 0.334 e. The summed E-state index contributed by atoms with van der Waals surface area (Å²) in [5, 5.41) is 9.05. The number of ether oxygens (including phenoxy) is 1. The number of hydrogen-bond donors (Lipinski definition) is 1. The van der Waals surface area contributed by atoms with Crippen LogP contribution in [0.4, 0.5) is 0 Å². The van der Waals surface area contributed by atoms with Crippen molar-refractivity contribution in [3.63, 3.8) is 0 Å². The van der Waals surface area contributed by atoms with Crippen LogP contribution in [-0.2, 0) is 14.9 Å². The van der Waals surface area contributed by atoms with Crippen LogP contribution < -0.4 is 0 Å². The Hall–Kier alpha value is -2.60. The van der Waals surface area contributed by atoms with Crippen LogP contribution in [0.2, 0.25) is 0 Å². The van der Waals surface area contributed by atoms with Gasteiger partial charge >= 0.3 is 5.97 Å². The molecule has 1 aromatic carbocycles. The fourth-order valence-electron chi connectivity index (χ4n) is 2.88. The number of benzene rings is 1. The summed E-state index contributed by atoms with van der Waals surface area (Å²) < 4.78 is 10.9. The van der Waals surface area contributed by atoms with Gasteiger partial charge in [-0.15, -0.1) is 0 Å². The van der Waals surface area contributed by atoms with E-state index in [9.17, 15) is 9.59 Å². The van der Waals surface area contributed by atoms with Gasteiger partial charge in [-0.05, 0) is 23.1 Å². The summed E-state index contributed by atoms with van der Waals surface area (Å²) in [5.74, 6) is -0.582. The molecule has 1 aliphatic heterocycles. The number of aliphatic carboxylic acids is 1. The van der Waals surface area contributed by atoms with Crippen molar-refractivity contribution in [2.75, 3.05) is 19.7 Å². The van der Waals surface area contributed by atoms with Gasteiger partial charge in [0.1, 0.15) is 5.76 Å². The Morgan fingerprint density at radius 2 is 1.81 bits per heavy atom. The van der Waals surface area contributed by atoms with E-state index >= 15 is 0 Å². The third kappa shape index (κ3) is 3.80. The first-order chi connectivity index (χ1) is 12.3. The highest BCUT2D eigenvalue weighted by molar-refractivity contribution is 5.92. The number of furan rings is 1. The molecular weight excluding hydrogens is 334 g/mol. The van der Waals surface area contributed by atoms with E-state index in [4.69, 9.17) is 14.3 Å². The van der Waals surface area contributed by atoms with Crippen LogP contribution in [0.25, 0.3) is 11.3 Å². The van der Waals surface area contributed by atoms with Gasteiger partial charge in [0.05, 0.1) is 13.2 Å². The molecule has 1 fully saturated rings. The van der Waals surface area contributed by atoms with Crippen molar-refractivity contribution in [2.45, 2.75) is 32.3 Å². The highest BCUT2D eigenvalue weighted by atomic mass is 16.5. The van der Waals surface area contributed by atoms with Gasteiger partial charge in [-0.1, -0.05) is 45.0 Å². The number of nitrogens with zero attached hydrogens (tertiary/aromatic N) is 1. The Kier molecular flexibility index (Phi) is 4.87. The summed E-state index contributed by atoms with van der Waals surface area (Å²) in [7, 11) is 0. The number of carbonyl (C=O) groups excluding carboxylic acids is 1. The van der Waals surface area contributed by atoms with Crippen LogP contribution in [-0.4, -0.2) is 47.7 Å². The highest BCUT2D eigenvalue weighted by Gasteiger charge is 2.30. The third-order valence-electron chi connectivity index (χ3n) is 4.48. The molecule has 1 saturated heterocycles. The smallest absolute Gasteiger partial charge is 0.334 e. The van der Waals surface area contributed by atoms with Crippen molar-refractivity contribution in [1.82, 2.24) is 4.90 Å². The maximum absolute atomic E-state index is 12.6. The number of carbonyl (C=O) groups is 2. The van der Waals surface area contributed by atoms with Crippen molar-refractivity contribution >= 4 is 11.9 Å². The molecule has 1 aliphatic rings. The molecule has 0 spiro atoms. The van der Waals surface area contributed by atoms with Gasteiger partial charge in [0.2, 0.25) is 0 Å². The Bertz CT molecular complexity index is 800. The zero-order valence-corrected chi connectivity index (χ0v) is 15.2. The molecule has 6 nitrogen and oxygen atoms in total. The second-order valence-corrected chi connectivity index (χ2v) is 7.44. The van der Waals surface area contributed by atoms with E-state index in [0.717, 1.165) is 5.56 Å². The molecule has 1 aromatic heterocycles. The summed E-state index contributed by atoms with van der Waals surface area (Å²) in [5.41, 5.74) is 2.18. The lowest BCUT2D eigenvalue weighted by atomic mass is 9.86. The van der Waals surface area contributed by atoms with Gasteiger partial charge in [-0.25, -0.2) is 4.79 Å². The molecule has 0 aliphatic carbocycles. The SMILES string of the molecule is CC(C)(C)c1ccc(-c2ccc(C(=O)N3CCOC(C(=O)O)C3)o2)cc1. The molecular formula is C20H23NO5. The summed E-state index contributed by atoms with van der Waals surface area (Å²) in [6, 6.07) is 11.4. The first-order valence-electron chi connectivity index (χ1n) is 8.60. The minimum Gasteiger partial charge on any atom is -0.479 e. The van der Waals surface area contributed by atoms with Gasteiger partial charge in [0.25, 0.3) is 5.91 Å². The fraction of sp³-hybridized carbons (Fsp3) is 0.400. The molecule has 1 atom stereocenters. The lowest BCUT2D eigenvalue weighted by Crippen LogP contribution is -2.48. The van der Waals surface area contributed by atoms with Crippen LogP contribution >= 0.6 is 0 Å². The molecule has 0 saturated carbocycles. The molecule has 138 valence electrons. The van der Waals surface area contributed by atoms with Crippen LogP contribution in [0.15, 0.2) is 40.8 Å². The first kappa shape index (κ1) is 18.2. The van der Waals surface area contributed by atoms with Gasteiger partial charge in [-0.2, -0.15) is 0 Å². The summed E-state index contributed by atoms with van der Waals surface area (Å²) in [6.07, 6.45) is -0.993. The standard InChI is InChI=1S/C20H23NO5/c1-20(2,3)14-6-4-13(5-7-14)15-8-9-16(26-15)18(22)21-10-11-25-17(12-21)19(23)24/h4-9,17H,10-12H2,1-3H3,(H,23,24). The van der Waals surface area contributed by atoms with E-state index in [-0.39, 0.29) is 30.2 Å². The van der Waals surface area contributed by atoms with Crippen molar-refractivity contribution in [3.8, 4) is 11.3 Å². The molecule has 26 heavy (non-hydrogen) atoms. The zero-order valence-electron chi connectivity index (χ0n) is 15.2. The molecule has 3 rings (SSSR count). The number of carboxylic acid groups (broad SMARTS) is 1. The maximum atomic E-state index is 12.6. The molecule has 0 bridgehead atoms. The number of rotatable bonds is 3. The van der Waals surface area contributed by atoms with Gasteiger partial charge < -0.3 is 19.2 Å². The Balaban J connectivity index is 1.75. The lowest BCUT2D eigenvalue weighted by molar-refractivity contribution is -0.154. The van der Waals surface area contributed by atoms with Crippen molar-refractivity contribution in [2.24, 2.45) is 0 Å². The van der Waals surface area contributed by atoms with E-state index in [1.165, 1.54) is 10.5 Å². The highest BCUT2D eigenvalue weighted by Crippen LogP contribution is 2.27. The topological polar surface area (TPSA) is 80.0 Å². The average molecular weight is 357 g/mol. The number of amides is 1. The number of hydrogen-bond acceptors (Lipinski definition) is 4. The molecule has 2 aromatic rings.